The van der Waals surface area contributed by atoms with Crippen molar-refractivity contribution in [2.75, 3.05) is 0 Å². The standard InChI is InChI=1S/C17H34O9P2/c18-15(7-3-1-5-9-16(11-12-16)25-27(19,20)21)8-4-2-6-10-17(13-14-17)26-28(22,23)24/h15,18H,1-14H2,(H2,19,20,21)(H2,22,23,24). The van der Waals surface area contributed by atoms with Gasteiger partial charge in [0, 0.05) is 0 Å². The Morgan fingerprint density at radius 1 is 0.679 bits per heavy atom. The third-order valence-electron chi connectivity index (χ3n) is 5.58. The van der Waals surface area contributed by atoms with E-state index in [1.807, 2.05) is 0 Å². The molecular formula is C17H34O9P2. The van der Waals surface area contributed by atoms with Crippen LogP contribution in [0.4, 0.5) is 0 Å². The van der Waals surface area contributed by atoms with Crippen LogP contribution in [-0.2, 0) is 18.2 Å². The maximum Gasteiger partial charge on any atom is 0.470 e. The number of aliphatic hydroxyl groups excluding tert-OH is 1. The highest BCUT2D eigenvalue weighted by molar-refractivity contribution is 7.46. The Bertz CT molecular complexity index is 527. The smallest absolute Gasteiger partial charge is 0.393 e. The molecule has 0 amide bonds. The van der Waals surface area contributed by atoms with Gasteiger partial charge in [-0.3, -0.25) is 9.05 Å². The molecular weight excluding hydrogens is 410 g/mol. The van der Waals surface area contributed by atoms with Crippen LogP contribution in [0.15, 0.2) is 0 Å². The number of aliphatic hydroxyl groups is 1. The molecule has 2 rings (SSSR count). The second-order valence-electron chi connectivity index (χ2n) is 8.38. The van der Waals surface area contributed by atoms with Gasteiger partial charge in [-0.1, -0.05) is 38.5 Å². The summed E-state index contributed by atoms with van der Waals surface area (Å²) in [7, 11) is -8.84. The molecule has 0 unspecified atom stereocenters. The van der Waals surface area contributed by atoms with Gasteiger partial charge in [-0.2, -0.15) is 0 Å². The van der Waals surface area contributed by atoms with Crippen LogP contribution in [0.2, 0.25) is 0 Å². The summed E-state index contributed by atoms with van der Waals surface area (Å²) < 4.78 is 31.6. The molecule has 9 nitrogen and oxygen atoms in total. The molecule has 0 heterocycles. The van der Waals surface area contributed by atoms with Gasteiger partial charge in [0.2, 0.25) is 0 Å². The number of rotatable bonds is 16. The number of hydrogen-bond donors (Lipinski definition) is 5. The fraction of sp³-hybridized carbons (Fsp3) is 1.00. The zero-order valence-corrected chi connectivity index (χ0v) is 18.0. The molecule has 0 radical (unpaired) electrons. The van der Waals surface area contributed by atoms with E-state index in [9.17, 15) is 14.2 Å². The number of phosphoric ester groups is 2. The van der Waals surface area contributed by atoms with E-state index >= 15 is 0 Å². The summed E-state index contributed by atoms with van der Waals surface area (Å²) >= 11 is 0. The molecule has 0 spiro atoms. The Balaban J connectivity index is 1.44. The van der Waals surface area contributed by atoms with E-state index in [1.54, 1.807) is 0 Å². The van der Waals surface area contributed by atoms with Crippen molar-refractivity contribution in [1.82, 2.24) is 0 Å². The van der Waals surface area contributed by atoms with Crippen LogP contribution < -0.4 is 0 Å². The van der Waals surface area contributed by atoms with Gasteiger partial charge in [0.1, 0.15) is 0 Å². The number of hydrogen-bond acceptors (Lipinski definition) is 5. The normalized spacial score (nSPS) is 20.5. The van der Waals surface area contributed by atoms with Crippen molar-refractivity contribution in [2.45, 2.75) is 107 Å². The van der Waals surface area contributed by atoms with Gasteiger partial charge in [0.25, 0.3) is 0 Å². The Hall–Kier alpha value is 0.180. The fourth-order valence-electron chi connectivity index (χ4n) is 3.71. The lowest BCUT2D eigenvalue weighted by atomic mass is 10.0. The summed E-state index contributed by atoms with van der Waals surface area (Å²) in [5.41, 5.74) is -1.25. The molecule has 5 N–H and O–H groups in total. The van der Waals surface area contributed by atoms with Crippen molar-refractivity contribution in [3.05, 3.63) is 0 Å². The molecule has 11 heteroatoms. The Morgan fingerprint density at radius 2 is 1.04 bits per heavy atom. The van der Waals surface area contributed by atoms with E-state index in [4.69, 9.17) is 28.6 Å². The minimum Gasteiger partial charge on any atom is -0.393 e. The first-order valence-corrected chi connectivity index (χ1v) is 13.2. The predicted octanol–water partition coefficient (Wildman–Crippen LogP) is 3.53. The lowest BCUT2D eigenvalue weighted by Gasteiger charge is -2.17. The average molecular weight is 444 g/mol. The first kappa shape index (κ1) is 24.4. The maximum absolute atomic E-state index is 10.9. The van der Waals surface area contributed by atoms with Crippen molar-refractivity contribution in [3.63, 3.8) is 0 Å². The lowest BCUT2D eigenvalue weighted by molar-refractivity contribution is 0.105. The minimum absolute atomic E-state index is 0.359. The highest BCUT2D eigenvalue weighted by atomic mass is 31.2. The molecule has 28 heavy (non-hydrogen) atoms. The monoisotopic (exact) mass is 444 g/mol. The van der Waals surface area contributed by atoms with Crippen molar-refractivity contribution in [1.29, 1.82) is 0 Å². The Kier molecular flexibility index (Phi) is 8.72. The molecule has 0 saturated heterocycles. The molecule has 2 aliphatic carbocycles. The van der Waals surface area contributed by atoms with Gasteiger partial charge in [0.15, 0.2) is 0 Å². The predicted molar refractivity (Wildman–Crippen MR) is 102 cm³/mol. The van der Waals surface area contributed by atoms with Crippen LogP contribution in [0.3, 0.4) is 0 Å². The minimum atomic E-state index is -4.42. The van der Waals surface area contributed by atoms with Gasteiger partial charge >= 0.3 is 15.6 Å². The number of unbranched alkanes of at least 4 members (excludes halogenated alkanes) is 4. The topological polar surface area (TPSA) is 154 Å². The van der Waals surface area contributed by atoms with Crippen LogP contribution in [0, 0.1) is 0 Å². The highest BCUT2D eigenvalue weighted by Gasteiger charge is 2.48. The molecule has 0 aromatic rings. The van der Waals surface area contributed by atoms with E-state index < -0.39 is 26.8 Å². The van der Waals surface area contributed by atoms with Crippen LogP contribution in [0.25, 0.3) is 0 Å². The van der Waals surface area contributed by atoms with E-state index in [0.29, 0.717) is 51.4 Å². The average Bonchev–Trinajstić information content (AvgIpc) is 3.43. The summed E-state index contributed by atoms with van der Waals surface area (Å²) in [5, 5.41) is 10.0. The molecule has 0 atom stereocenters. The van der Waals surface area contributed by atoms with Crippen LogP contribution in [0.1, 0.15) is 89.9 Å². The molecule has 2 saturated carbocycles. The zero-order valence-electron chi connectivity index (χ0n) is 16.2. The Labute approximate surface area is 166 Å². The second kappa shape index (κ2) is 9.99. The van der Waals surface area contributed by atoms with Crippen molar-refractivity contribution in [3.8, 4) is 0 Å². The molecule has 0 bridgehead atoms. The highest BCUT2D eigenvalue weighted by Crippen LogP contribution is 2.55. The van der Waals surface area contributed by atoms with Crippen LogP contribution >= 0.6 is 15.6 Å². The number of phosphoric acid groups is 2. The SMILES string of the molecule is O=P(O)(O)OC1(CCCCCC(O)CCCCCC2(OP(=O)(O)O)CC2)CC1. The van der Waals surface area contributed by atoms with Gasteiger partial charge in [-0.25, -0.2) is 9.13 Å². The fourth-order valence-corrected chi connectivity index (χ4v) is 5.27. The molecule has 2 fully saturated rings. The first-order valence-electron chi connectivity index (χ1n) is 10.1. The third-order valence-corrected chi connectivity index (χ3v) is 6.83. The van der Waals surface area contributed by atoms with E-state index in [0.717, 1.165) is 38.5 Å². The van der Waals surface area contributed by atoms with E-state index in [2.05, 4.69) is 0 Å². The molecule has 0 aliphatic heterocycles. The van der Waals surface area contributed by atoms with Crippen LogP contribution in [0.5, 0.6) is 0 Å². The molecule has 0 aromatic carbocycles. The third kappa shape index (κ3) is 10.3. The van der Waals surface area contributed by atoms with Crippen molar-refractivity contribution >= 4 is 15.6 Å². The largest absolute Gasteiger partial charge is 0.470 e. The zero-order chi connectivity index (χ0) is 20.9. The maximum atomic E-state index is 10.9. The summed E-state index contributed by atoms with van der Waals surface area (Å²) in [6, 6.07) is 0. The quantitative estimate of drug-likeness (QED) is 0.178. The second-order valence-corrected chi connectivity index (χ2v) is 10.7. The Morgan fingerprint density at radius 3 is 1.32 bits per heavy atom. The van der Waals surface area contributed by atoms with Gasteiger partial charge in [-0.05, 0) is 51.4 Å². The van der Waals surface area contributed by atoms with Gasteiger partial charge < -0.3 is 24.7 Å². The van der Waals surface area contributed by atoms with Crippen LogP contribution in [-0.4, -0.2) is 42.0 Å². The lowest BCUT2D eigenvalue weighted by Crippen LogP contribution is -2.12. The summed E-state index contributed by atoms with van der Waals surface area (Å²) in [4.78, 5) is 35.6. The van der Waals surface area contributed by atoms with Gasteiger partial charge in [0.05, 0.1) is 17.3 Å². The van der Waals surface area contributed by atoms with Gasteiger partial charge in [-0.15, -0.1) is 0 Å². The molecule has 166 valence electrons. The van der Waals surface area contributed by atoms with E-state index in [1.165, 1.54) is 0 Å². The van der Waals surface area contributed by atoms with Crippen molar-refractivity contribution < 1.29 is 42.9 Å². The first-order chi connectivity index (χ1) is 12.9. The molecule has 2 aliphatic rings. The van der Waals surface area contributed by atoms with E-state index in [-0.39, 0.29) is 6.10 Å². The molecule has 0 aromatic heterocycles. The summed E-state index contributed by atoms with van der Waals surface area (Å²) in [6.45, 7) is 0. The summed E-state index contributed by atoms with van der Waals surface area (Å²) in [5.74, 6) is 0. The van der Waals surface area contributed by atoms with Crippen molar-refractivity contribution in [2.24, 2.45) is 0 Å². The summed E-state index contributed by atoms with van der Waals surface area (Å²) in [6.07, 6.45) is 10.3.